The van der Waals surface area contributed by atoms with Crippen molar-refractivity contribution < 1.29 is 24.2 Å². The SMILES string of the molecule is CCO[C@H]1CCN(Cc2c(OC)cc(C)c3[nH]ccc23)[C@H](c2ccc(C(=O)N[C@@H](CCCCN)C(=O)O)cc2)C1. The number of aromatic nitrogens is 1. The van der Waals surface area contributed by atoms with Crippen LogP contribution in [0.5, 0.6) is 5.75 Å². The van der Waals surface area contributed by atoms with Crippen LogP contribution in [0.2, 0.25) is 0 Å². The first-order valence-electron chi connectivity index (χ1n) is 14.2. The fourth-order valence-corrected chi connectivity index (χ4v) is 5.74. The van der Waals surface area contributed by atoms with Crippen LogP contribution in [-0.2, 0) is 16.1 Å². The van der Waals surface area contributed by atoms with Gasteiger partial charge in [0.1, 0.15) is 11.8 Å². The van der Waals surface area contributed by atoms with Crippen LogP contribution in [0.25, 0.3) is 10.9 Å². The Balaban J connectivity index is 1.56. The number of aryl methyl sites for hydroxylation is 1. The number of unbranched alkanes of at least 4 members (excludes halogenated alkanes) is 1. The molecular formula is C31H42N4O5. The number of hydrogen-bond acceptors (Lipinski definition) is 6. The molecule has 3 atom stereocenters. The Kier molecular flexibility index (Phi) is 10.2. The molecule has 5 N–H and O–H groups in total. The van der Waals surface area contributed by atoms with Gasteiger partial charge in [0.05, 0.1) is 13.2 Å². The van der Waals surface area contributed by atoms with Gasteiger partial charge >= 0.3 is 5.97 Å². The van der Waals surface area contributed by atoms with Gasteiger partial charge in [-0.1, -0.05) is 12.1 Å². The summed E-state index contributed by atoms with van der Waals surface area (Å²) in [4.78, 5) is 30.3. The summed E-state index contributed by atoms with van der Waals surface area (Å²) < 4.78 is 11.8. The van der Waals surface area contributed by atoms with E-state index in [0.717, 1.165) is 59.2 Å². The van der Waals surface area contributed by atoms with Gasteiger partial charge in [-0.15, -0.1) is 0 Å². The fourth-order valence-electron chi connectivity index (χ4n) is 5.74. The number of nitrogens with two attached hydrogens (primary N) is 1. The highest BCUT2D eigenvalue weighted by Crippen LogP contribution is 2.38. The first kappa shape index (κ1) is 29.6. The number of nitrogens with zero attached hydrogens (tertiary/aromatic N) is 1. The van der Waals surface area contributed by atoms with Crippen LogP contribution in [0, 0.1) is 6.92 Å². The molecule has 0 saturated carbocycles. The minimum Gasteiger partial charge on any atom is -0.496 e. The lowest BCUT2D eigenvalue weighted by Gasteiger charge is -2.40. The van der Waals surface area contributed by atoms with Crippen molar-refractivity contribution in [1.82, 2.24) is 15.2 Å². The predicted molar refractivity (Wildman–Crippen MR) is 156 cm³/mol. The molecule has 0 aliphatic carbocycles. The van der Waals surface area contributed by atoms with Crippen molar-refractivity contribution in [1.29, 1.82) is 0 Å². The van der Waals surface area contributed by atoms with E-state index in [4.69, 9.17) is 15.2 Å². The summed E-state index contributed by atoms with van der Waals surface area (Å²) in [6, 6.07) is 10.9. The number of nitrogens with one attached hydrogen (secondary N) is 2. The number of aliphatic carboxylic acids is 1. The zero-order chi connectivity index (χ0) is 28.6. The number of carbonyl (C=O) groups excluding carboxylic acids is 1. The molecule has 1 aliphatic heterocycles. The summed E-state index contributed by atoms with van der Waals surface area (Å²) in [5.74, 6) is -0.551. The minimum absolute atomic E-state index is 0.0884. The number of carboxylic acid groups (broad SMARTS) is 1. The van der Waals surface area contributed by atoms with Gasteiger partial charge in [0.2, 0.25) is 0 Å². The first-order valence-corrected chi connectivity index (χ1v) is 14.2. The summed E-state index contributed by atoms with van der Waals surface area (Å²) in [7, 11) is 1.71. The maximum atomic E-state index is 12.9. The third kappa shape index (κ3) is 6.83. The largest absolute Gasteiger partial charge is 0.496 e. The van der Waals surface area contributed by atoms with Crippen LogP contribution in [0.15, 0.2) is 42.6 Å². The van der Waals surface area contributed by atoms with Gasteiger partial charge in [-0.3, -0.25) is 9.69 Å². The molecule has 3 aromatic rings. The lowest BCUT2D eigenvalue weighted by molar-refractivity contribution is -0.139. The monoisotopic (exact) mass is 550 g/mol. The number of amides is 1. The van der Waals surface area contributed by atoms with Gasteiger partial charge in [0, 0.05) is 54.0 Å². The number of rotatable bonds is 13. The zero-order valence-electron chi connectivity index (χ0n) is 23.7. The molecule has 0 unspecified atom stereocenters. The second kappa shape index (κ2) is 13.8. The molecule has 0 radical (unpaired) electrons. The summed E-state index contributed by atoms with van der Waals surface area (Å²) in [6.07, 6.45) is 5.62. The molecule has 2 aromatic carbocycles. The Morgan fingerprint density at radius 3 is 2.67 bits per heavy atom. The lowest BCUT2D eigenvalue weighted by atomic mass is 9.91. The quantitative estimate of drug-likeness (QED) is 0.230. The normalized spacial score (nSPS) is 18.5. The predicted octanol–water partition coefficient (Wildman–Crippen LogP) is 4.54. The van der Waals surface area contributed by atoms with Crippen molar-refractivity contribution in [2.24, 2.45) is 5.73 Å². The summed E-state index contributed by atoms with van der Waals surface area (Å²) >= 11 is 0. The van der Waals surface area contributed by atoms with E-state index in [1.165, 1.54) is 0 Å². The third-order valence-electron chi connectivity index (χ3n) is 7.87. The van der Waals surface area contributed by atoms with Crippen molar-refractivity contribution in [2.75, 3.05) is 26.8 Å². The van der Waals surface area contributed by atoms with Crippen LogP contribution < -0.4 is 15.8 Å². The molecule has 4 rings (SSSR count). The van der Waals surface area contributed by atoms with Crippen LogP contribution >= 0.6 is 0 Å². The van der Waals surface area contributed by atoms with Gasteiger partial charge in [0.25, 0.3) is 5.91 Å². The van der Waals surface area contributed by atoms with Gasteiger partial charge in [-0.25, -0.2) is 4.79 Å². The molecule has 1 amide bonds. The highest BCUT2D eigenvalue weighted by atomic mass is 16.5. The standard InChI is InChI=1S/C31H42N4O5/c1-4-40-23-13-16-35(19-25-24-12-15-33-29(24)20(2)17-28(25)39-3)27(18-23)21-8-10-22(11-9-21)30(36)34-26(31(37)38)7-5-6-14-32/h8-12,15,17,23,26-27,33H,4-7,13-14,16,18-19,32H2,1-3H3,(H,34,36)(H,37,38)/t23-,26-,27-/m0/s1. The minimum atomic E-state index is -1.04. The second-order valence-corrected chi connectivity index (χ2v) is 10.5. The summed E-state index contributed by atoms with van der Waals surface area (Å²) in [5, 5.41) is 13.4. The number of fused-ring (bicyclic) bond motifs is 1. The Bertz CT molecular complexity index is 1290. The number of aromatic amines is 1. The Hall–Kier alpha value is -3.40. The molecule has 2 heterocycles. The molecule has 40 heavy (non-hydrogen) atoms. The number of methoxy groups -OCH3 is 1. The van der Waals surface area contributed by atoms with Gasteiger partial charge in [0.15, 0.2) is 0 Å². The van der Waals surface area contributed by atoms with Crippen LogP contribution in [0.1, 0.15) is 72.1 Å². The van der Waals surface area contributed by atoms with Gasteiger partial charge in [-0.05, 0) is 87.9 Å². The Morgan fingerprint density at radius 1 is 1.23 bits per heavy atom. The topological polar surface area (TPSA) is 130 Å². The number of piperidine rings is 1. The van der Waals surface area contributed by atoms with Gasteiger partial charge < -0.3 is 30.6 Å². The maximum absolute atomic E-state index is 12.9. The van der Waals surface area contributed by atoms with Crippen molar-refractivity contribution >= 4 is 22.8 Å². The fraction of sp³-hybridized carbons (Fsp3) is 0.484. The number of hydrogen-bond donors (Lipinski definition) is 4. The molecular weight excluding hydrogens is 508 g/mol. The summed E-state index contributed by atoms with van der Waals surface area (Å²) in [6.45, 7) is 6.85. The van der Waals surface area contributed by atoms with E-state index < -0.39 is 17.9 Å². The van der Waals surface area contributed by atoms with Crippen molar-refractivity contribution in [3.05, 3.63) is 64.8 Å². The van der Waals surface area contributed by atoms with E-state index in [1.807, 2.05) is 25.3 Å². The number of H-pyrrole nitrogens is 1. The van der Waals surface area contributed by atoms with E-state index >= 15 is 0 Å². The molecule has 9 nitrogen and oxygen atoms in total. The van der Waals surface area contributed by atoms with Crippen LogP contribution in [0.3, 0.4) is 0 Å². The molecule has 1 aromatic heterocycles. The highest BCUT2D eigenvalue weighted by molar-refractivity contribution is 5.96. The molecule has 0 spiro atoms. The van der Waals surface area contributed by atoms with E-state index in [-0.39, 0.29) is 12.1 Å². The average Bonchev–Trinajstić information content (AvgIpc) is 3.45. The molecule has 1 aliphatic rings. The van der Waals surface area contributed by atoms with Crippen molar-refractivity contribution in [3.8, 4) is 5.75 Å². The molecule has 1 saturated heterocycles. The number of carboxylic acids is 1. The van der Waals surface area contributed by atoms with Crippen LogP contribution in [0.4, 0.5) is 0 Å². The second-order valence-electron chi connectivity index (χ2n) is 10.5. The van der Waals surface area contributed by atoms with Crippen molar-refractivity contribution in [3.63, 3.8) is 0 Å². The molecule has 0 bridgehead atoms. The molecule has 9 heteroatoms. The van der Waals surface area contributed by atoms with E-state index in [2.05, 4.69) is 34.3 Å². The molecule has 216 valence electrons. The summed E-state index contributed by atoms with van der Waals surface area (Å²) in [5.41, 5.74) is 10.5. The van der Waals surface area contributed by atoms with Crippen LogP contribution in [-0.4, -0.2) is 65.8 Å². The number of ether oxygens (including phenoxy) is 2. The van der Waals surface area contributed by atoms with Crippen molar-refractivity contribution in [2.45, 2.75) is 70.7 Å². The van der Waals surface area contributed by atoms with E-state index in [9.17, 15) is 14.7 Å². The number of likely N-dealkylation sites (tertiary alicyclic amines) is 1. The van der Waals surface area contributed by atoms with E-state index in [0.29, 0.717) is 38.1 Å². The number of carbonyl (C=O) groups is 2. The lowest BCUT2D eigenvalue weighted by Crippen LogP contribution is -2.41. The van der Waals surface area contributed by atoms with Gasteiger partial charge in [-0.2, -0.15) is 0 Å². The first-order chi connectivity index (χ1) is 19.4. The Morgan fingerprint density at radius 2 is 2.00 bits per heavy atom. The highest BCUT2D eigenvalue weighted by Gasteiger charge is 2.31. The number of benzene rings is 2. The smallest absolute Gasteiger partial charge is 0.326 e. The zero-order valence-corrected chi connectivity index (χ0v) is 23.7. The average molecular weight is 551 g/mol. The third-order valence-corrected chi connectivity index (χ3v) is 7.87. The van der Waals surface area contributed by atoms with E-state index in [1.54, 1.807) is 19.2 Å². The maximum Gasteiger partial charge on any atom is 0.326 e. The Labute approximate surface area is 236 Å². The molecule has 1 fully saturated rings.